The summed E-state index contributed by atoms with van der Waals surface area (Å²) in [6, 6.07) is 14.7. The van der Waals surface area contributed by atoms with E-state index in [2.05, 4.69) is 11.0 Å². The van der Waals surface area contributed by atoms with Gasteiger partial charge >= 0.3 is 5.97 Å². The van der Waals surface area contributed by atoms with Crippen molar-refractivity contribution in [1.29, 1.82) is 0 Å². The minimum atomic E-state index is -3.44. The van der Waals surface area contributed by atoms with Crippen LogP contribution in [0.25, 0.3) is 5.57 Å². The molecule has 2 aromatic carbocycles. The van der Waals surface area contributed by atoms with Gasteiger partial charge < -0.3 is 9.84 Å². The quantitative estimate of drug-likeness (QED) is 0.557. The molecule has 0 amide bonds. The van der Waals surface area contributed by atoms with Crippen molar-refractivity contribution in [2.24, 2.45) is 0 Å². The number of hydrogen-bond acceptors (Lipinski definition) is 6. The third kappa shape index (κ3) is 4.52. The van der Waals surface area contributed by atoms with E-state index in [4.69, 9.17) is 4.74 Å². The summed E-state index contributed by atoms with van der Waals surface area (Å²) in [6.07, 6.45) is 2.12. The van der Waals surface area contributed by atoms with Crippen molar-refractivity contribution in [3.05, 3.63) is 87.8 Å². The standard InChI is InChI=1S/C26H26N2O5S2/c1-18-20(26(29)30)8-9-23-25(18)22(21-6-3-2-5-19(21)17-33-23)10-11-27-12-14-28(15-13-27)35(31,32)24-7-4-16-34-24/h2-10,16H,11-15,17H2,1H3,(H,29,30)/b22-10+. The number of aromatic carboxylic acids is 1. The van der Waals surface area contributed by atoms with Crippen LogP contribution in [0.4, 0.5) is 0 Å². The van der Waals surface area contributed by atoms with Gasteiger partial charge in [-0.05, 0) is 52.8 Å². The smallest absolute Gasteiger partial charge is 0.335 e. The molecule has 0 spiro atoms. The maximum Gasteiger partial charge on any atom is 0.335 e. The highest BCUT2D eigenvalue weighted by molar-refractivity contribution is 7.91. The summed E-state index contributed by atoms with van der Waals surface area (Å²) in [7, 11) is -3.44. The molecule has 2 aliphatic rings. The second kappa shape index (κ2) is 9.58. The minimum Gasteiger partial charge on any atom is -0.488 e. The van der Waals surface area contributed by atoms with E-state index in [1.54, 1.807) is 34.0 Å². The van der Waals surface area contributed by atoms with Gasteiger partial charge in [0.1, 0.15) is 16.6 Å². The van der Waals surface area contributed by atoms with Gasteiger partial charge in [-0.15, -0.1) is 11.3 Å². The molecule has 2 aliphatic heterocycles. The Morgan fingerprint density at radius 2 is 1.86 bits per heavy atom. The molecule has 0 aliphatic carbocycles. The fraction of sp³-hybridized carbons (Fsp3) is 0.269. The van der Waals surface area contributed by atoms with Crippen LogP contribution in [0.2, 0.25) is 0 Å². The van der Waals surface area contributed by atoms with Crippen LogP contribution in [-0.4, -0.2) is 61.4 Å². The number of hydrogen-bond donors (Lipinski definition) is 1. The molecule has 7 nitrogen and oxygen atoms in total. The van der Waals surface area contributed by atoms with E-state index in [0.717, 1.165) is 22.3 Å². The van der Waals surface area contributed by atoms with Crippen LogP contribution in [-0.2, 0) is 16.6 Å². The maximum absolute atomic E-state index is 12.8. The van der Waals surface area contributed by atoms with Gasteiger partial charge in [0.05, 0.1) is 5.56 Å². The molecule has 1 aromatic heterocycles. The van der Waals surface area contributed by atoms with E-state index in [0.29, 0.717) is 54.9 Å². The van der Waals surface area contributed by atoms with E-state index >= 15 is 0 Å². The first-order valence-corrected chi connectivity index (χ1v) is 13.7. The number of benzene rings is 2. The number of nitrogens with zero attached hydrogens (tertiary/aromatic N) is 2. The van der Waals surface area contributed by atoms with Crippen molar-refractivity contribution in [2.45, 2.75) is 17.7 Å². The van der Waals surface area contributed by atoms with E-state index in [9.17, 15) is 18.3 Å². The first-order valence-electron chi connectivity index (χ1n) is 11.4. The molecular formula is C26H26N2O5S2. The molecule has 3 aromatic rings. The molecule has 35 heavy (non-hydrogen) atoms. The summed E-state index contributed by atoms with van der Waals surface area (Å²) < 4.78 is 33.7. The van der Waals surface area contributed by atoms with Crippen LogP contribution in [0.5, 0.6) is 5.75 Å². The lowest BCUT2D eigenvalue weighted by atomic mass is 9.89. The molecule has 182 valence electrons. The van der Waals surface area contributed by atoms with Crippen LogP contribution in [0.15, 0.2) is 64.2 Å². The summed E-state index contributed by atoms with van der Waals surface area (Å²) in [5.74, 6) is -0.299. The zero-order valence-electron chi connectivity index (χ0n) is 19.3. The van der Waals surface area contributed by atoms with Crippen LogP contribution in [0.3, 0.4) is 0 Å². The van der Waals surface area contributed by atoms with E-state index in [-0.39, 0.29) is 5.56 Å². The summed E-state index contributed by atoms with van der Waals surface area (Å²) >= 11 is 1.24. The van der Waals surface area contributed by atoms with Gasteiger partial charge in [0.25, 0.3) is 10.0 Å². The lowest BCUT2D eigenvalue weighted by Gasteiger charge is -2.33. The number of rotatable bonds is 5. The highest BCUT2D eigenvalue weighted by Gasteiger charge is 2.29. The molecule has 1 N–H and O–H groups in total. The van der Waals surface area contributed by atoms with E-state index < -0.39 is 16.0 Å². The number of piperazine rings is 1. The number of carbonyl (C=O) groups is 1. The van der Waals surface area contributed by atoms with Crippen molar-refractivity contribution >= 4 is 32.9 Å². The molecule has 3 heterocycles. The number of ether oxygens (including phenoxy) is 1. The molecule has 0 unspecified atom stereocenters. The van der Waals surface area contributed by atoms with Gasteiger partial charge in [-0.1, -0.05) is 36.4 Å². The highest BCUT2D eigenvalue weighted by atomic mass is 32.2. The van der Waals surface area contributed by atoms with E-state index in [1.807, 2.05) is 31.2 Å². The Kier molecular flexibility index (Phi) is 6.50. The fourth-order valence-electron chi connectivity index (χ4n) is 4.69. The zero-order valence-corrected chi connectivity index (χ0v) is 20.9. The lowest BCUT2D eigenvalue weighted by Crippen LogP contribution is -2.48. The Bertz CT molecular complexity index is 1390. The Hall–Kier alpha value is -2.98. The molecule has 0 radical (unpaired) electrons. The van der Waals surface area contributed by atoms with Crippen molar-refractivity contribution in [3.8, 4) is 5.75 Å². The molecule has 9 heteroatoms. The Balaban J connectivity index is 1.43. The van der Waals surface area contributed by atoms with Crippen molar-refractivity contribution in [1.82, 2.24) is 9.21 Å². The Morgan fingerprint density at radius 3 is 2.57 bits per heavy atom. The van der Waals surface area contributed by atoms with Gasteiger partial charge in [-0.3, -0.25) is 4.90 Å². The number of carboxylic acid groups (broad SMARTS) is 1. The SMILES string of the molecule is Cc1c(C(=O)O)ccc2c1/C(=C/CN1CCN(S(=O)(=O)c3cccs3)CC1)c1ccccc1CO2. The van der Waals surface area contributed by atoms with Gasteiger partial charge in [-0.2, -0.15) is 4.31 Å². The molecule has 1 saturated heterocycles. The average molecular weight is 511 g/mol. The van der Waals surface area contributed by atoms with Crippen molar-refractivity contribution in [2.75, 3.05) is 32.7 Å². The largest absolute Gasteiger partial charge is 0.488 e. The average Bonchev–Trinajstić information content (AvgIpc) is 3.35. The molecule has 1 fully saturated rings. The van der Waals surface area contributed by atoms with Crippen LogP contribution >= 0.6 is 11.3 Å². The van der Waals surface area contributed by atoms with E-state index in [1.165, 1.54) is 11.3 Å². The normalized spacial score (nSPS) is 17.9. The molecule has 5 rings (SSSR count). The predicted octanol–water partition coefficient (Wildman–Crippen LogP) is 4.09. The van der Waals surface area contributed by atoms with Gasteiger partial charge in [0, 0.05) is 38.3 Å². The van der Waals surface area contributed by atoms with Crippen molar-refractivity contribution in [3.63, 3.8) is 0 Å². The third-order valence-electron chi connectivity index (χ3n) is 6.59. The maximum atomic E-state index is 12.8. The Labute approximate surface area is 208 Å². The van der Waals surface area contributed by atoms with Crippen molar-refractivity contribution < 1.29 is 23.1 Å². The molecule has 0 atom stereocenters. The monoisotopic (exact) mass is 510 g/mol. The third-order valence-corrected chi connectivity index (χ3v) is 9.86. The predicted molar refractivity (Wildman–Crippen MR) is 136 cm³/mol. The van der Waals surface area contributed by atoms with Gasteiger partial charge in [0.2, 0.25) is 0 Å². The first kappa shape index (κ1) is 23.7. The van der Waals surface area contributed by atoms with Crippen LogP contribution < -0.4 is 4.74 Å². The first-order chi connectivity index (χ1) is 16.9. The van der Waals surface area contributed by atoms with Crippen LogP contribution in [0, 0.1) is 6.92 Å². The summed E-state index contributed by atoms with van der Waals surface area (Å²) in [4.78, 5) is 14.0. The minimum absolute atomic E-state index is 0.255. The summed E-state index contributed by atoms with van der Waals surface area (Å²) in [5.41, 5.74) is 4.74. The molecule has 0 bridgehead atoms. The number of sulfonamides is 1. The number of carboxylic acids is 1. The molecule has 0 saturated carbocycles. The van der Waals surface area contributed by atoms with Gasteiger partial charge in [0.15, 0.2) is 0 Å². The number of fused-ring (bicyclic) bond motifs is 2. The topological polar surface area (TPSA) is 87.2 Å². The summed E-state index contributed by atoms with van der Waals surface area (Å²) in [6.45, 7) is 4.95. The highest BCUT2D eigenvalue weighted by Crippen LogP contribution is 2.40. The fourth-order valence-corrected chi connectivity index (χ4v) is 7.26. The number of thiophene rings is 1. The second-order valence-corrected chi connectivity index (χ2v) is 11.7. The van der Waals surface area contributed by atoms with Gasteiger partial charge in [-0.25, -0.2) is 13.2 Å². The molecular weight excluding hydrogens is 484 g/mol. The zero-order chi connectivity index (χ0) is 24.6. The van der Waals surface area contributed by atoms with Crippen LogP contribution in [0.1, 0.15) is 32.6 Å². The summed E-state index contributed by atoms with van der Waals surface area (Å²) in [5, 5.41) is 11.5. The second-order valence-electron chi connectivity index (χ2n) is 8.62. The Morgan fingerprint density at radius 1 is 1.09 bits per heavy atom. The lowest BCUT2D eigenvalue weighted by molar-refractivity contribution is 0.0696.